The molecule has 5 amide bonds. The number of fused-ring (bicyclic) bond motifs is 5. The maximum Gasteiger partial charge on any atom is 0.261 e. The van der Waals surface area contributed by atoms with E-state index in [0.717, 1.165) is 9.80 Å². The molecule has 3 aromatic carbocycles. The van der Waals surface area contributed by atoms with Crippen molar-refractivity contribution >= 4 is 52.7 Å². The molecule has 2 heterocycles. The Balaban J connectivity index is 1.25. The van der Waals surface area contributed by atoms with Crippen LogP contribution in [0.2, 0.25) is 0 Å². The average molecular weight is 733 g/mol. The highest BCUT2D eigenvalue weighted by atomic mass is 16.3. The van der Waals surface area contributed by atoms with Gasteiger partial charge in [0.05, 0.1) is 52.9 Å². The van der Waals surface area contributed by atoms with Crippen molar-refractivity contribution in [2.24, 2.45) is 29.4 Å². The first-order valence-corrected chi connectivity index (χ1v) is 17.2. The third-order valence-electron chi connectivity index (χ3n) is 11.6. The molecule has 0 aromatic heterocycles. The van der Waals surface area contributed by atoms with Crippen LogP contribution in [0.3, 0.4) is 0 Å². The maximum atomic E-state index is 14.6. The predicted molar refractivity (Wildman–Crippen MR) is 183 cm³/mol. The number of amides is 5. The first-order chi connectivity index (χ1) is 25.6. The number of aliphatic hydroxyl groups is 1. The molecule has 3 aliphatic carbocycles. The van der Waals surface area contributed by atoms with Crippen LogP contribution >= 0.6 is 0 Å². The quantitative estimate of drug-likeness (QED) is 0.232. The van der Waals surface area contributed by atoms with E-state index in [0.29, 0.717) is 0 Å². The molecule has 274 valence electrons. The van der Waals surface area contributed by atoms with Crippen LogP contribution in [0.5, 0.6) is 5.75 Å². The van der Waals surface area contributed by atoms with Gasteiger partial charge in [0.25, 0.3) is 23.6 Å². The summed E-state index contributed by atoms with van der Waals surface area (Å²) in [5.41, 5.74) is 2.90. The highest BCUT2D eigenvalue weighted by Crippen LogP contribution is 2.52. The fraction of sp³-hybridized carbons (Fsp3) is 0.308. The molecule has 0 spiro atoms. The number of hydrogen-bond acceptors (Lipinski definition) is 12. The number of primary amides is 1. The second-order valence-corrected chi connectivity index (χ2v) is 14.7. The van der Waals surface area contributed by atoms with E-state index in [4.69, 9.17) is 5.73 Å². The third-order valence-corrected chi connectivity index (χ3v) is 11.6. The number of likely N-dealkylation sites (N-methyl/N-ethyl adjacent to an activating group) is 1. The van der Waals surface area contributed by atoms with Crippen LogP contribution < -0.4 is 5.73 Å². The average Bonchev–Trinajstić information content (AvgIpc) is 3.51. The largest absolute Gasteiger partial charge is 0.507 e. The van der Waals surface area contributed by atoms with E-state index in [2.05, 4.69) is 0 Å². The zero-order valence-electron chi connectivity index (χ0n) is 28.9. The van der Waals surface area contributed by atoms with Gasteiger partial charge in [-0.2, -0.15) is 0 Å². The topological polar surface area (TPSA) is 230 Å². The van der Waals surface area contributed by atoms with Crippen molar-refractivity contribution in [1.82, 2.24) is 14.7 Å². The van der Waals surface area contributed by atoms with Gasteiger partial charge in [0, 0.05) is 11.5 Å². The normalized spacial score (nSPS) is 27.3. The number of phenolic OH excluding ortho intramolecular Hbond substituents is 1. The van der Waals surface area contributed by atoms with Gasteiger partial charge in [-0.25, -0.2) is 0 Å². The summed E-state index contributed by atoms with van der Waals surface area (Å²) in [5, 5.41) is 23.8. The van der Waals surface area contributed by atoms with Crippen molar-refractivity contribution in [2.45, 2.75) is 37.6 Å². The Morgan fingerprint density at radius 3 is 1.74 bits per heavy atom. The minimum atomic E-state index is -2.95. The second-order valence-electron chi connectivity index (χ2n) is 14.7. The summed E-state index contributed by atoms with van der Waals surface area (Å²) >= 11 is 0. The number of nitrogens with two attached hydrogens (primary N) is 1. The predicted octanol–water partition coefficient (Wildman–Crippen LogP) is 0.459. The molecule has 6 atom stereocenters. The molecular formula is C39H32N4O11. The van der Waals surface area contributed by atoms with Gasteiger partial charge in [-0.15, -0.1) is 0 Å². The van der Waals surface area contributed by atoms with Crippen LogP contribution in [0.25, 0.3) is 0 Å². The number of phenols is 1. The van der Waals surface area contributed by atoms with Crippen LogP contribution in [-0.2, 0) is 38.7 Å². The molecule has 8 rings (SSSR count). The van der Waals surface area contributed by atoms with Crippen LogP contribution in [0.1, 0.15) is 74.9 Å². The zero-order chi connectivity index (χ0) is 38.7. The summed E-state index contributed by atoms with van der Waals surface area (Å²) in [6.07, 6.45) is -0.348. The number of ketones is 4. The highest BCUT2D eigenvalue weighted by molar-refractivity contribution is 6.32. The maximum absolute atomic E-state index is 14.6. The number of Topliss-reactive ketones (excluding diaryl/α,β-unsaturated/α-hetero) is 4. The standard InChI is InChI=1S/C39H32N4O11/c1-41(2)28-24-13-16-12-23-17(14-42-35(50)19-7-3-4-8-20(19)36(42)51)11-18(15-43-37(52)21-9-5-6-10-22(21)38(43)53)29(44)26(23)30(45)25(16)32(47)39(24,54)33(48)27(31(28)46)34(40)49/h3-11,16,24-25,27-28,44,54H,12-15H2,1-2H3,(H2,40,49). The smallest absolute Gasteiger partial charge is 0.261 e. The lowest BCUT2D eigenvalue weighted by Crippen LogP contribution is -2.74. The second kappa shape index (κ2) is 11.9. The monoisotopic (exact) mass is 732 g/mol. The Hall–Kier alpha value is -6.19. The molecule has 4 N–H and O–H groups in total. The highest BCUT2D eigenvalue weighted by Gasteiger charge is 2.69. The van der Waals surface area contributed by atoms with E-state index >= 15 is 0 Å². The lowest BCUT2D eigenvalue weighted by Gasteiger charge is -2.52. The minimum absolute atomic E-state index is 0.109. The van der Waals surface area contributed by atoms with Gasteiger partial charge in [-0.1, -0.05) is 24.3 Å². The SMILES string of the molecule is CN(C)C1C(=O)C(C(N)=O)C(=O)C2(O)C(=O)C3C(=O)c4c(O)c(CN5C(=O)c6ccccc6C5=O)cc(CN5C(=O)c6ccccc6C5=O)c4CC3CC12. The number of hydrogen-bond donors (Lipinski definition) is 3. The number of nitrogens with zero attached hydrogens (tertiary/aromatic N) is 3. The summed E-state index contributed by atoms with van der Waals surface area (Å²) in [4.78, 5) is 125. The van der Waals surface area contributed by atoms with E-state index in [-0.39, 0.29) is 51.8 Å². The van der Waals surface area contributed by atoms with Gasteiger partial charge in [0.2, 0.25) is 5.91 Å². The first-order valence-electron chi connectivity index (χ1n) is 17.2. The van der Waals surface area contributed by atoms with E-state index in [1.54, 1.807) is 24.3 Å². The lowest BCUT2D eigenvalue weighted by molar-refractivity contribution is -0.181. The molecular weight excluding hydrogens is 700 g/mol. The number of rotatable bonds is 6. The van der Waals surface area contributed by atoms with Crippen LogP contribution in [-0.4, -0.2) is 103 Å². The summed E-state index contributed by atoms with van der Waals surface area (Å²) in [6.45, 7) is -0.930. The van der Waals surface area contributed by atoms with Gasteiger partial charge in [-0.05, 0) is 74.3 Å². The van der Waals surface area contributed by atoms with Gasteiger partial charge < -0.3 is 15.9 Å². The molecule has 0 saturated heterocycles. The molecule has 0 radical (unpaired) electrons. The number of benzene rings is 3. The minimum Gasteiger partial charge on any atom is -0.507 e. The Bertz CT molecular complexity index is 2280. The molecule has 2 fully saturated rings. The summed E-state index contributed by atoms with van der Waals surface area (Å²) < 4.78 is 0. The molecule has 3 aromatic rings. The summed E-state index contributed by atoms with van der Waals surface area (Å²) in [7, 11) is 2.95. The fourth-order valence-electron chi connectivity index (χ4n) is 9.18. The number of aromatic hydroxyl groups is 1. The molecule has 15 nitrogen and oxygen atoms in total. The molecule has 15 heteroatoms. The van der Waals surface area contributed by atoms with Crippen LogP contribution in [0.4, 0.5) is 0 Å². The third kappa shape index (κ3) is 4.57. The van der Waals surface area contributed by atoms with E-state index in [1.165, 1.54) is 49.3 Å². The van der Waals surface area contributed by atoms with Crippen LogP contribution in [0.15, 0.2) is 54.6 Å². The molecule has 2 saturated carbocycles. The first kappa shape index (κ1) is 34.9. The fourth-order valence-corrected chi connectivity index (χ4v) is 9.18. The zero-order valence-corrected chi connectivity index (χ0v) is 28.9. The molecule has 0 bridgehead atoms. The van der Waals surface area contributed by atoms with Crippen molar-refractivity contribution in [3.63, 3.8) is 0 Å². The van der Waals surface area contributed by atoms with Crippen molar-refractivity contribution < 1.29 is 53.4 Å². The lowest BCUT2D eigenvalue weighted by atomic mass is 9.52. The number of imide groups is 2. The van der Waals surface area contributed by atoms with Crippen molar-refractivity contribution in [1.29, 1.82) is 0 Å². The Morgan fingerprint density at radius 1 is 0.796 bits per heavy atom. The van der Waals surface area contributed by atoms with Gasteiger partial charge in [-0.3, -0.25) is 57.9 Å². The Morgan fingerprint density at radius 2 is 1.28 bits per heavy atom. The Kier molecular flexibility index (Phi) is 7.69. The number of carbonyl (C=O) groups is 9. The Labute approximate surface area is 306 Å². The molecule has 54 heavy (non-hydrogen) atoms. The summed E-state index contributed by atoms with van der Waals surface area (Å²) in [5.74, 6) is -15.3. The van der Waals surface area contributed by atoms with Crippen molar-refractivity contribution in [2.75, 3.05) is 14.1 Å². The molecule has 2 aliphatic heterocycles. The molecule has 5 aliphatic rings. The molecule has 6 unspecified atom stereocenters. The van der Waals surface area contributed by atoms with Gasteiger partial charge >= 0.3 is 0 Å². The summed E-state index contributed by atoms with van der Waals surface area (Å²) in [6, 6.07) is 12.4. The van der Waals surface area contributed by atoms with Crippen molar-refractivity contribution in [3.05, 3.63) is 99.1 Å². The number of carbonyl (C=O) groups excluding carboxylic acids is 9. The van der Waals surface area contributed by atoms with E-state index in [1.807, 2.05) is 0 Å². The van der Waals surface area contributed by atoms with E-state index < -0.39 is 112 Å². The van der Waals surface area contributed by atoms with E-state index in [9.17, 15) is 53.4 Å². The van der Waals surface area contributed by atoms with Gasteiger partial charge in [0.15, 0.2) is 34.7 Å². The van der Waals surface area contributed by atoms with Crippen molar-refractivity contribution in [3.8, 4) is 5.75 Å². The van der Waals surface area contributed by atoms with Gasteiger partial charge in [0.1, 0.15) is 5.75 Å². The van der Waals surface area contributed by atoms with Crippen LogP contribution in [0, 0.1) is 23.7 Å².